The number of hydrogen-bond acceptors (Lipinski definition) is 4. The summed E-state index contributed by atoms with van der Waals surface area (Å²) in [6.45, 7) is 0. The molecular weight excluding hydrogens is 298 g/mol. The molecule has 0 bridgehead atoms. The maximum absolute atomic E-state index is 12.6. The van der Waals surface area contributed by atoms with Gasteiger partial charge in [0, 0.05) is 0 Å². The number of primary amides is 2. The van der Waals surface area contributed by atoms with Gasteiger partial charge >= 0.3 is 0 Å². The Hall–Kier alpha value is -3.16. The number of benzene rings is 2. The Labute approximate surface area is 123 Å². The first kappa shape index (κ1) is 16.9. The molecule has 0 aliphatic heterocycles. The van der Waals surface area contributed by atoms with Gasteiger partial charge < -0.3 is 21.7 Å². The molecule has 2 aromatic carbocycles. The highest BCUT2D eigenvalue weighted by atomic mass is 19.1. The van der Waals surface area contributed by atoms with E-state index in [1.54, 1.807) is 0 Å². The molecule has 0 aliphatic rings. The minimum atomic E-state index is -0.972. The van der Waals surface area contributed by atoms with Crippen LogP contribution in [0.3, 0.4) is 0 Å². The van der Waals surface area contributed by atoms with Gasteiger partial charge in [0.15, 0.2) is 0 Å². The Morgan fingerprint density at radius 3 is 1.27 bits per heavy atom. The second-order valence-corrected chi connectivity index (χ2v) is 4.00. The second-order valence-electron chi connectivity index (χ2n) is 4.00. The SMILES string of the molecule is NC(=O)c1c(O)cccc1F.NC(=O)c1c(O)cccc1F. The van der Waals surface area contributed by atoms with Gasteiger partial charge in [0.1, 0.15) is 34.3 Å². The van der Waals surface area contributed by atoms with Crippen LogP contribution in [0.1, 0.15) is 20.7 Å². The monoisotopic (exact) mass is 310 g/mol. The van der Waals surface area contributed by atoms with Gasteiger partial charge in [-0.25, -0.2) is 8.78 Å². The summed E-state index contributed by atoms with van der Waals surface area (Å²) in [5.41, 5.74) is 8.62. The number of aromatic hydroxyl groups is 2. The van der Waals surface area contributed by atoms with E-state index in [-0.39, 0.29) is 0 Å². The third kappa shape index (κ3) is 3.92. The van der Waals surface area contributed by atoms with Gasteiger partial charge in [0.2, 0.25) is 0 Å². The number of carbonyl (C=O) groups excluding carboxylic acids is 2. The van der Waals surface area contributed by atoms with Crippen molar-refractivity contribution in [2.75, 3.05) is 0 Å². The Balaban J connectivity index is 0.000000220. The van der Waals surface area contributed by atoms with Crippen LogP contribution >= 0.6 is 0 Å². The molecule has 0 radical (unpaired) electrons. The molecule has 0 atom stereocenters. The maximum atomic E-state index is 12.6. The molecule has 0 unspecified atom stereocenters. The van der Waals surface area contributed by atoms with E-state index in [9.17, 15) is 18.4 Å². The molecule has 2 rings (SSSR count). The normalized spacial score (nSPS) is 9.55. The molecule has 0 spiro atoms. The fourth-order valence-electron chi connectivity index (χ4n) is 1.51. The Morgan fingerprint density at radius 1 is 0.773 bits per heavy atom. The molecule has 6 N–H and O–H groups in total. The highest BCUT2D eigenvalue weighted by Crippen LogP contribution is 2.19. The fraction of sp³-hybridized carbons (Fsp3) is 0. The van der Waals surface area contributed by atoms with Gasteiger partial charge in [-0.3, -0.25) is 9.59 Å². The largest absolute Gasteiger partial charge is 0.507 e. The van der Waals surface area contributed by atoms with Gasteiger partial charge in [-0.05, 0) is 24.3 Å². The van der Waals surface area contributed by atoms with Crippen molar-refractivity contribution in [3.8, 4) is 11.5 Å². The molecule has 0 saturated carbocycles. The molecule has 0 aliphatic carbocycles. The van der Waals surface area contributed by atoms with Crippen LogP contribution in [0.2, 0.25) is 0 Å². The maximum Gasteiger partial charge on any atom is 0.255 e. The topological polar surface area (TPSA) is 127 Å². The summed E-state index contributed by atoms with van der Waals surface area (Å²) < 4.78 is 25.3. The quantitative estimate of drug-likeness (QED) is 0.666. The summed E-state index contributed by atoms with van der Waals surface area (Å²) >= 11 is 0. The Morgan fingerprint density at radius 2 is 1.09 bits per heavy atom. The highest BCUT2D eigenvalue weighted by molar-refractivity contribution is 5.96. The molecule has 116 valence electrons. The molecule has 0 fully saturated rings. The van der Waals surface area contributed by atoms with Crippen LogP contribution in [0.15, 0.2) is 36.4 Å². The van der Waals surface area contributed by atoms with Gasteiger partial charge in [0.05, 0.1) is 0 Å². The molecule has 6 nitrogen and oxygen atoms in total. The second kappa shape index (κ2) is 7.02. The highest BCUT2D eigenvalue weighted by Gasteiger charge is 2.12. The summed E-state index contributed by atoms with van der Waals surface area (Å²) in [5, 5.41) is 17.8. The lowest BCUT2D eigenvalue weighted by Gasteiger charge is -1.99. The minimum Gasteiger partial charge on any atom is -0.507 e. The lowest BCUT2D eigenvalue weighted by Crippen LogP contribution is -2.13. The Bertz CT molecular complexity index is 618. The van der Waals surface area contributed by atoms with Crippen molar-refractivity contribution in [1.82, 2.24) is 0 Å². The molecule has 22 heavy (non-hydrogen) atoms. The first-order valence-electron chi connectivity index (χ1n) is 5.80. The fourth-order valence-corrected chi connectivity index (χ4v) is 1.51. The predicted octanol–water partition coefficient (Wildman–Crippen LogP) is 1.26. The number of hydrogen-bond donors (Lipinski definition) is 4. The van der Waals surface area contributed by atoms with Crippen molar-refractivity contribution in [1.29, 1.82) is 0 Å². The van der Waals surface area contributed by atoms with Crippen LogP contribution in [-0.2, 0) is 0 Å². The summed E-state index contributed by atoms with van der Waals surface area (Å²) in [6, 6.07) is 7.08. The van der Waals surface area contributed by atoms with E-state index in [1.165, 1.54) is 24.3 Å². The molecule has 2 amide bonds. The number of carbonyl (C=O) groups is 2. The van der Waals surface area contributed by atoms with Gasteiger partial charge in [0.25, 0.3) is 11.8 Å². The first-order chi connectivity index (χ1) is 10.3. The van der Waals surface area contributed by atoms with Crippen molar-refractivity contribution in [3.05, 3.63) is 59.2 Å². The summed E-state index contributed by atoms with van der Waals surface area (Å²) in [6.07, 6.45) is 0. The summed E-state index contributed by atoms with van der Waals surface area (Å²) in [4.78, 5) is 20.9. The zero-order valence-corrected chi connectivity index (χ0v) is 11.1. The minimum absolute atomic E-state index is 0.433. The number of rotatable bonds is 2. The number of nitrogens with two attached hydrogens (primary N) is 2. The number of phenols is 2. The molecule has 0 aromatic heterocycles. The van der Waals surface area contributed by atoms with Gasteiger partial charge in [-0.15, -0.1) is 0 Å². The number of halogens is 2. The third-order valence-electron chi connectivity index (χ3n) is 2.48. The third-order valence-corrected chi connectivity index (χ3v) is 2.48. The summed E-state index contributed by atoms with van der Waals surface area (Å²) in [7, 11) is 0. The van der Waals surface area contributed by atoms with Crippen molar-refractivity contribution >= 4 is 11.8 Å². The zero-order valence-electron chi connectivity index (χ0n) is 11.1. The number of amides is 2. The van der Waals surface area contributed by atoms with Crippen LogP contribution in [0.25, 0.3) is 0 Å². The van der Waals surface area contributed by atoms with Crippen LogP contribution in [0, 0.1) is 11.6 Å². The first-order valence-corrected chi connectivity index (χ1v) is 5.80. The standard InChI is InChI=1S/2C7H6FNO2/c2*8-4-2-1-3-5(10)6(4)7(9)11/h2*1-3,10H,(H2,9,11). The summed E-state index contributed by atoms with van der Waals surface area (Å²) in [5.74, 6) is -4.42. The van der Waals surface area contributed by atoms with E-state index >= 15 is 0 Å². The molecule has 0 heterocycles. The van der Waals surface area contributed by atoms with E-state index < -0.39 is 46.1 Å². The van der Waals surface area contributed by atoms with Crippen molar-refractivity contribution < 1.29 is 28.6 Å². The van der Waals surface area contributed by atoms with Crippen LogP contribution in [-0.4, -0.2) is 22.0 Å². The van der Waals surface area contributed by atoms with Gasteiger partial charge in [-0.1, -0.05) is 12.1 Å². The van der Waals surface area contributed by atoms with E-state index in [0.29, 0.717) is 0 Å². The smallest absolute Gasteiger partial charge is 0.255 e. The zero-order chi connectivity index (χ0) is 16.9. The molecule has 8 heteroatoms. The van der Waals surface area contributed by atoms with E-state index in [2.05, 4.69) is 0 Å². The van der Waals surface area contributed by atoms with Crippen LogP contribution in [0.5, 0.6) is 11.5 Å². The van der Waals surface area contributed by atoms with Crippen molar-refractivity contribution in [3.63, 3.8) is 0 Å². The van der Waals surface area contributed by atoms with Crippen molar-refractivity contribution in [2.45, 2.75) is 0 Å². The predicted molar refractivity (Wildman–Crippen MR) is 73.2 cm³/mol. The Kier molecular flexibility index (Phi) is 5.39. The van der Waals surface area contributed by atoms with E-state index in [4.69, 9.17) is 21.7 Å². The lowest BCUT2D eigenvalue weighted by atomic mass is 10.2. The van der Waals surface area contributed by atoms with E-state index in [1.807, 2.05) is 0 Å². The van der Waals surface area contributed by atoms with Crippen LogP contribution < -0.4 is 11.5 Å². The average molecular weight is 310 g/mol. The lowest BCUT2D eigenvalue weighted by molar-refractivity contribution is 0.0984. The molecule has 2 aromatic rings. The molecular formula is C14H12F2N2O4. The average Bonchev–Trinajstić information content (AvgIpc) is 2.38. The van der Waals surface area contributed by atoms with Crippen molar-refractivity contribution in [2.24, 2.45) is 11.5 Å². The molecule has 0 saturated heterocycles. The van der Waals surface area contributed by atoms with Crippen LogP contribution in [0.4, 0.5) is 8.78 Å². The van der Waals surface area contributed by atoms with E-state index in [0.717, 1.165) is 12.1 Å². The van der Waals surface area contributed by atoms with Gasteiger partial charge in [-0.2, -0.15) is 0 Å².